The number of hydrogen-bond donors (Lipinski definition) is 1. The van der Waals surface area contributed by atoms with Crippen molar-refractivity contribution in [1.29, 1.82) is 0 Å². The zero-order valence-corrected chi connectivity index (χ0v) is 37.7. The largest absolute Gasteiger partial charge is 0.598 e. The average molecular weight is 814 g/mol. The predicted octanol–water partition coefficient (Wildman–Crippen LogP) is 10.5. The van der Waals surface area contributed by atoms with E-state index in [0.717, 1.165) is 24.2 Å². The van der Waals surface area contributed by atoms with E-state index in [9.17, 15) is 13.3 Å². The van der Waals surface area contributed by atoms with Crippen LogP contribution in [-0.4, -0.2) is 64.8 Å². The van der Waals surface area contributed by atoms with Crippen LogP contribution in [0.1, 0.15) is 92.6 Å². The quantitative estimate of drug-likeness (QED) is 0.0991. The minimum atomic E-state index is -2.66. The Morgan fingerprint density at radius 1 is 0.909 bits per heavy atom. The summed E-state index contributed by atoms with van der Waals surface area (Å²) in [6.45, 7) is 27.8. The Kier molecular flexibility index (Phi) is 12.8. The van der Waals surface area contributed by atoms with Gasteiger partial charge in [-0.2, -0.15) is 5.10 Å². The normalized spacial score (nSPS) is 18.4. The van der Waals surface area contributed by atoms with Gasteiger partial charge in [-0.05, 0) is 112 Å². The zero-order chi connectivity index (χ0) is 40.7. The number of ether oxygens (including phenoxy) is 1. The number of nitrogens with one attached hydrogen (secondary N) is 1. The standard InChI is InChI=1S/C41H61F2N5O4SSi2/c1-39(2,3)53(49)47-38(28-20-30(21-28)52-55(12,13)41(7,8)9)33-18-15-17-32(46-33)27-22-34-31(35(23-27)50-26-36(42)43)24-44-48(34)37-19-14-16-29(45-37)25-51-54(10,11)40(4,5)6/h14-19,22-24,28,30,36,38,47H,20-21,25-26H2,1-13H3. The topological polar surface area (TPSA) is 106 Å². The van der Waals surface area contributed by atoms with E-state index < -0.39 is 45.8 Å². The van der Waals surface area contributed by atoms with Gasteiger partial charge in [0.1, 0.15) is 17.1 Å². The molecule has 14 heteroatoms. The molecule has 0 amide bonds. The average Bonchev–Trinajstić information content (AvgIpc) is 3.50. The Balaban J connectivity index is 1.51. The molecule has 1 N–H and O–H groups in total. The van der Waals surface area contributed by atoms with Gasteiger partial charge in [-0.15, -0.1) is 4.72 Å². The lowest BCUT2D eigenvalue weighted by atomic mass is 9.76. The molecule has 1 aliphatic rings. The van der Waals surface area contributed by atoms with Crippen molar-refractivity contribution in [3.63, 3.8) is 0 Å². The summed E-state index contributed by atoms with van der Waals surface area (Å²) in [6.07, 6.45) is 0.772. The van der Waals surface area contributed by atoms with Crippen LogP contribution in [0.3, 0.4) is 0 Å². The molecule has 1 fully saturated rings. The molecule has 1 aromatic carbocycles. The maximum absolute atomic E-state index is 13.6. The van der Waals surface area contributed by atoms with Crippen molar-refractivity contribution in [2.24, 2.45) is 5.92 Å². The van der Waals surface area contributed by atoms with E-state index in [1.165, 1.54) is 0 Å². The minimum Gasteiger partial charge on any atom is -0.598 e. The van der Waals surface area contributed by atoms with Crippen LogP contribution < -0.4 is 9.46 Å². The number of hydrogen-bond acceptors (Lipinski definition) is 8. The Morgan fingerprint density at radius 2 is 1.56 bits per heavy atom. The van der Waals surface area contributed by atoms with Crippen LogP contribution in [-0.2, 0) is 26.8 Å². The molecular formula is C41H61F2N5O4SSi2. The van der Waals surface area contributed by atoms with Gasteiger partial charge >= 0.3 is 0 Å². The van der Waals surface area contributed by atoms with E-state index in [0.29, 0.717) is 34.6 Å². The van der Waals surface area contributed by atoms with Crippen molar-refractivity contribution in [2.75, 3.05) is 6.61 Å². The van der Waals surface area contributed by atoms with E-state index in [1.807, 2.05) is 63.2 Å². The molecule has 0 bridgehead atoms. The molecule has 0 aliphatic heterocycles. The zero-order valence-electron chi connectivity index (χ0n) is 34.9. The highest BCUT2D eigenvalue weighted by atomic mass is 32.2. The van der Waals surface area contributed by atoms with Crippen molar-refractivity contribution in [2.45, 2.75) is 141 Å². The van der Waals surface area contributed by atoms with Gasteiger partial charge < -0.3 is 18.1 Å². The summed E-state index contributed by atoms with van der Waals surface area (Å²) in [6, 6.07) is 14.9. The molecule has 0 radical (unpaired) electrons. The molecule has 2 atom stereocenters. The number of aromatic nitrogens is 4. The maximum atomic E-state index is 13.6. The monoisotopic (exact) mass is 813 g/mol. The van der Waals surface area contributed by atoms with Gasteiger partial charge in [0.05, 0.1) is 46.8 Å². The lowest BCUT2D eigenvalue weighted by Gasteiger charge is -2.46. The fraction of sp³-hybridized carbons (Fsp3) is 0.585. The Bertz CT molecular complexity index is 1930. The molecule has 1 aliphatic carbocycles. The lowest BCUT2D eigenvalue weighted by molar-refractivity contribution is 0.0365. The molecule has 2 unspecified atom stereocenters. The highest BCUT2D eigenvalue weighted by Gasteiger charge is 2.46. The Morgan fingerprint density at radius 3 is 2.18 bits per heavy atom. The molecule has 3 aromatic heterocycles. The van der Waals surface area contributed by atoms with E-state index in [4.69, 9.17) is 23.6 Å². The van der Waals surface area contributed by atoms with Crippen LogP contribution in [0.15, 0.2) is 54.7 Å². The fourth-order valence-corrected chi connectivity index (χ4v) is 9.10. The molecule has 9 nitrogen and oxygen atoms in total. The summed E-state index contributed by atoms with van der Waals surface area (Å²) in [5.41, 5.74) is 3.45. The first-order chi connectivity index (χ1) is 25.4. The Hall–Kier alpha value is -2.73. The van der Waals surface area contributed by atoms with Crippen molar-refractivity contribution < 1.29 is 26.9 Å². The van der Waals surface area contributed by atoms with Crippen molar-refractivity contribution in [3.8, 4) is 22.8 Å². The van der Waals surface area contributed by atoms with E-state index in [2.05, 4.69) is 77.6 Å². The molecule has 302 valence electrons. The second-order valence-corrected chi connectivity index (χ2v) is 30.4. The van der Waals surface area contributed by atoms with Gasteiger partial charge in [0.25, 0.3) is 6.43 Å². The molecule has 3 heterocycles. The molecule has 5 rings (SSSR count). The van der Waals surface area contributed by atoms with E-state index in [1.54, 1.807) is 16.9 Å². The van der Waals surface area contributed by atoms with Crippen LogP contribution in [0, 0.1) is 5.92 Å². The van der Waals surface area contributed by atoms with Gasteiger partial charge in [0, 0.05) is 23.0 Å². The number of alkyl halides is 2. The smallest absolute Gasteiger partial charge is 0.272 e. The minimum absolute atomic E-state index is 0.0539. The number of fused-ring (bicyclic) bond motifs is 1. The third-order valence-electron chi connectivity index (χ3n) is 11.5. The SMILES string of the molecule is CC(C)(C)[S+]([O-])NC(c1cccc(-c2cc(OCC(F)F)c3cnn(-c4cccc(CO[Si](C)(C)C(C)(C)C)n4)c3c2)n1)C1CC(O[Si](C)(C)C(C)(C)C)C1. The first-order valence-electron chi connectivity index (χ1n) is 19.2. The van der Waals surface area contributed by atoms with Crippen molar-refractivity contribution >= 4 is 38.9 Å². The number of benzene rings is 1. The van der Waals surface area contributed by atoms with Gasteiger partial charge in [-0.1, -0.05) is 53.7 Å². The summed E-state index contributed by atoms with van der Waals surface area (Å²) in [5, 5.41) is 5.38. The van der Waals surface area contributed by atoms with Gasteiger partial charge in [-0.3, -0.25) is 4.98 Å². The van der Waals surface area contributed by atoms with Crippen molar-refractivity contribution in [1.82, 2.24) is 24.5 Å². The lowest BCUT2D eigenvalue weighted by Crippen LogP contribution is -2.51. The van der Waals surface area contributed by atoms with Gasteiger partial charge in [-0.25, -0.2) is 18.4 Å². The van der Waals surface area contributed by atoms with Crippen LogP contribution in [0.2, 0.25) is 36.3 Å². The van der Waals surface area contributed by atoms with Crippen molar-refractivity contribution in [3.05, 3.63) is 66.1 Å². The first-order valence-corrected chi connectivity index (χ1v) is 26.2. The van der Waals surface area contributed by atoms with E-state index >= 15 is 0 Å². The summed E-state index contributed by atoms with van der Waals surface area (Å²) in [5.74, 6) is 1.01. The number of nitrogens with zero attached hydrogens (tertiary/aromatic N) is 4. The number of halogens is 2. The fourth-order valence-electron chi connectivity index (χ4n) is 5.88. The summed E-state index contributed by atoms with van der Waals surface area (Å²) in [7, 11) is -3.97. The van der Waals surface area contributed by atoms with Crippen LogP contribution >= 0.6 is 0 Å². The first kappa shape index (κ1) is 43.4. The number of rotatable bonds is 14. The third kappa shape index (κ3) is 10.2. The van der Waals surface area contributed by atoms with Crippen LogP contribution in [0.25, 0.3) is 28.0 Å². The second-order valence-electron chi connectivity index (χ2n) is 18.9. The molecule has 55 heavy (non-hydrogen) atoms. The third-order valence-corrected chi connectivity index (χ3v) is 22.1. The molecule has 1 saturated carbocycles. The van der Waals surface area contributed by atoms with Crippen LogP contribution in [0.5, 0.6) is 5.75 Å². The highest BCUT2D eigenvalue weighted by Crippen LogP contribution is 2.46. The number of pyridine rings is 2. The van der Waals surface area contributed by atoms with E-state index in [-0.39, 0.29) is 33.9 Å². The summed E-state index contributed by atoms with van der Waals surface area (Å²) < 4.78 is 64.1. The molecule has 0 spiro atoms. The molecule has 0 saturated heterocycles. The summed E-state index contributed by atoms with van der Waals surface area (Å²) >= 11 is -1.35. The molecular weight excluding hydrogens is 753 g/mol. The maximum Gasteiger partial charge on any atom is 0.272 e. The molecule has 4 aromatic rings. The second kappa shape index (κ2) is 16.3. The highest BCUT2D eigenvalue weighted by molar-refractivity contribution is 7.90. The predicted molar refractivity (Wildman–Crippen MR) is 224 cm³/mol. The van der Waals surface area contributed by atoms with Crippen LogP contribution in [0.4, 0.5) is 8.78 Å². The van der Waals surface area contributed by atoms with Gasteiger partial charge in [0.2, 0.25) is 0 Å². The van der Waals surface area contributed by atoms with Gasteiger partial charge in [0.15, 0.2) is 22.5 Å². The Labute approximate surface area is 331 Å². The summed E-state index contributed by atoms with van der Waals surface area (Å²) in [4.78, 5) is 10.0.